The van der Waals surface area contributed by atoms with E-state index in [4.69, 9.17) is 10.8 Å². The van der Waals surface area contributed by atoms with E-state index in [9.17, 15) is 4.39 Å². The van der Waals surface area contributed by atoms with Crippen LogP contribution in [0, 0.1) is 18.2 Å². The lowest BCUT2D eigenvalue weighted by Crippen LogP contribution is -1.70. The molecule has 0 aliphatic heterocycles. The molecule has 1 nitrogen and oxygen atoms in total. The summed E-state index contributed by atoms with van der Waals surface area (Å²) in [6.45, 7) is 0. The van der Waals surface area contributed by atoms with Gasteiger partial charge in [0.1, 0.15) is 0 Å². The molecule has 0 spiro atoms. The predicted molar refractivity (Wildman–Crippen MR) is 44.1 cm³/mol. The van der Waals surface area contributed by atoms with Gasteiger partial charge in [0.05, 0.1) is 0 Å². The average Bonchev–Trinajstić information content (AvgIpc) is 2.49. The van der Waals surface area contributed by atoms with Crippen molar-refractivity contribution < 1.29 is 8.81 Å². The van der Waals surface area contributed by atoms with Crippen molar-refractivity contribution in [3.05, 3.63) is 35.8 Å². The molecule has 0 amide bonds. The van der Waals surface area contributed by atoms with Crippen LogP contribution in [0.1, 0.15) is 5.76 Å². The second-order valence-electron chi connectivity index (χ2n) is 2.41. The van der Waals surface area contributed by atoms with E-state index in [-0.39, 0.29) is 11.4 Å². The Labute approximate surface area is 68.8 Å². The monoisotopic (exact) mass is 160 g/mol. The van der Waals surface area contributed by atoms with Gasteiger partial charge in [-0.25, -0.2) is 4.39 Å². The van der Waals surface area contributed by atoms with Crippen molar-refractivity contribution in [2.24, 2.45) is 0 Å². The minimum atomic E-state index is -0.381. The Kier molecular flexibility index (Phi) is 1.38. The molecule has 0 aliphatic rings. The molecule has 0 fully saturated rings. The molecule has 0 saturated carbocycles. The van der Waals surface area contributed by atoms with Crippen LogP contribution in [0.4, 0.5) is 4.39 Å². The molecule has 1 heterocycles. The van der Waals surface area contributed by atoms with Gasteiger partial charge >= 0.3 is 0 Å². The minimum absolute atomic E-state index is 0.227. The number of terminal acetylenes is 1. The molecule has 2 rings (SSSR count). The summed E-state index contributed by atoms with van der Waals surface area (Å²) in [7, 11) is 0. The summed E-state index contributed by atoms with van der Waals surface area (Å²) >= 11 is 0. The highest BCUT2D eigenvalue weighted by Gasteiger charge is 2.05. The summed E-state index contributed by atoms with van der Waals surface area (Å²) in [4.78, 5) is 0. The zero-order chi connectivity index (χ0) is 8.55. The fourth-order valence-corrected chi connectivity index (χ4v) is 1.10. The van der Waals surface area contributed by atoms with Crippen molar-refractivity contribution in [1.82, 2.24) is 0 Å². The summed E-state index contributed by atoms with van der Waals surface area (Å²) in [5, 5.41) is 0.697. The zero-order valence-corrected chi connectivity index (χ0v) is 6.17. The minimum Gasteiger partial charge on any atom is -0.445 e. The first-order chi connectivity index (χ1) is 5.81. The van der Waals surface area contributed by atoms with E-state index in [2.05, 4.69) is 5.92 Å². The van der Waals surface area contributed by atoms with Crippen LogP contribution >= 0.6 is 0 Å². The van der Waals surface area contributed by atoms with E-state index >= 15 is 0 Å². The molecule has 2 heteroatoms. The van der Waals surface area contributed by atoms with E-state index in [1.54, 1.807) is 18.2 Å². The lowest BCUT2D eigenvalue weighted by Gasteiger charge is -1.87. The molecular weight excluding hydrogens is 155 g/mol. The Morgan fingerprint density at radius 3 is 2.92 bits per heavy atom. The van der Waals surface area contributed by atoms with Crippen LogP contribution in [0.5, 0.6) is 0 Å². The van der Waals surface area contributed by atoms with Gasteiger partial charge in [0.2, 0.25) is 0 Å². The number of rotatable bonds is 0. The summed E-state index contributed by atoms with van der Waals surface area (Å²) in [5.74, 6) is 2.29. The molecule has 0 radical (unpaired) electrons. The molecule has 58 valence electrons. The molecule has 12 heavy (non-hydrogen) atoms. The van der Waals surface area contributed by atoms with Gasteiger partial charge in [-0.2, -0.15) is 0 Å². The SMILES string of the molecule is C#Cc1cc2cccc(F)c2o1. The van der Waals surface area contributed by atoms with Crippen LogP contribution in [0.3, 0.4) is 0 Å². The second kappa shape index (κ2) is 2.38. The van der Waals surface area contributed by atoms with E-state index in [0.29, 0.717) is 11.1 Å². The van der Waals surface area contributed by atoms with Crippen molar-refractivity contribution in [2.45, 2.75) is 0 Å². The summed E-state index contributed by atoms with van der Waals surface area (Å²) in [6, 6.07) is 6.35. The summed E-state index contributed by atoms with van der Waals surface area (Å²) in [5.41, 5.74) is 0.227. The van der Waals surface area contributed by atoms with Crippen molar-refractivity contribution in [3.8, 4) is 12.3 Å². The third-order valence-corrected chi connectivity index (χ3v) is 1.64. The van der Waals surface area contributed by atoms with Crippen LogP contribution in [0.2, 0.25) is 0 Å². The van der Waals surface area contributed by atoms with E-state index in [1.807, 2.05) is 0 Å². The highest BCUT2D eigenvalue weighted by Crippen LogP contribution is 2.21. The Morgan fingerprint density at radius 2 is 2.25 bits per heavy atom. The molecule has 2 aromatic rings. The molecule has 0 saturated heterocycles. The normalized spacial score (nSPS) is 10.0. The second-order valence-corrected chi connectivity index (χ2v) is 2.41. The lowest BCUT2D eigenvalue weighted by atomic mass is 10.2. The molecule has 0 atom stereocenters. The largest absolute Gasteiger partial charge is 0.445 e. The quantitative estimate of drug-likeness (QED) is 0.540. The fraction of sp³-hybridized carbons (Fsp3) is 0. The first-order valence-electron chi connectivity index (χ1n) is 3.46. The van der Waals surface area contributed by atoms with Gasteiger partial charge in [-0.15, -0.1) is 6.42 Å². The fourth-order valence-electron chi connectivity index (χ4n) is 1.10. The topological polar surface area (TPSA) is 13.1 Å². The zero-order valence-electron chi connectivity index (χ0n) is 6.17. The number of hydrogen-bond acceptors (Lipinski definition) is 1. The third-order valence-electron chi connectivity index (χ3n) is 1.64. The molecular formula is C10H5FO. The number of halogens is 1. The number of fused-ring (bicyclic) bond motifs is 1. The highest BCUT2D eigenvalue weighted by atomic mass is 19.1. The van der Waals surface area contributed by atoms with Crippen molar-refractivity contribution in [3.63, 3.8) is 0 Å². The van der Waals surface area contributed by atoms with Gasteiger partial charge in [-0.1, -0.05) is 12.1 Å². The number of benzene rings is 1. The van der Waals surface area contributed by atoms with Crippen molar-refractivity contribution >= 4 is 11.0 Å². The Hall–Kier alpha value is -1.75. The number of hydrogen-bond donors (Lipinski definition) is 0. The number of furan rings is 1. The predicted octanol–water partition coefficient (Wildman–Crippen LogP) is 2.55. The smallest absolute Gasteiger partial charge is 0.178 e. The van der Waals surface area contributed by atoms with E-state index in [1.165, 1.54) is 6.07 Å². The molecule has 0 aliphatic carbocycles. The van der Waals surface area contributed by atoms with Crippen molar-refractivity contribution in [1.29, 1.82) is 0 Å². The van der Waals surface area contributed by atoms with Crippen LogP contribution < -0.4 is 0 Å². The van der Waals surface area contributed by atoms with Crippen molar-refractivity contribution in [2.75, 3.05) is 0 Å². The van der Waals surface area contributed by atoms with Crippen LogP contribution in [0.15, 0.2) is 28.7 Å². The van der Waals surface area contributed by atoms with Crippen LogP contribution in [-0.4, -0.2) is 0 Å². The Balaban J connectivity index is 2.85. The molecule has 0 bridgehead atoms. The van der Waals surface area contributed by atoms with Crippen LogP contribution in [0.25, 0.3) is 11.0 Å². The molecule has 1 aromatic carbocycles. The van der Waals surface area contributed by atoms with Crippen LogP contribution in [-0.2, 0) is 0 Å². The maximum atomic E-state index is 13.0. The van der Waals surface area contributed by atoms with E-state index in [0.717, 1.165) is 0 Å². The standard InChI is InChI=1S/C10H5FO/c1-2-8-6-7-4-3-5-9(11)10(7)12-8/h1,3-6H. The van der Waals surface area contributed by atoms with E-state index < -0.39 is 0 Å². The van der Waals surface area contributed by atoms with Gasteiger partial charge in [-0.3, -0.25) is 0 Å². The molecule has 1 aromatic heterocycles. The summed E-state index contributed by atoms with van der Waals surface area (Å²) in [6.07, 6.45) is 5.10. The number of para-hydroxylation sites is 1. The van der Waals surface area contributed by atoms with Gasteiger partial charge in [0.15, 0.2) is 17.2 Å². The van der Waals surface area contributed by atoms with Gasteiger partial charge in [-0.05, 0) is 12.0 Å². The Morgan fingerprint density at radius 1 is 1.42 bits per heavy atom. The Bertz CT molecular complexity index is 462. The van der Waals surface area contributed by atoms with Gasteiger partial charge in [0.25, 0.3) is 0 Å². The van der Waals surface area contributed by atoms with Gasteiger partial charge in [0, 0.05) is 11.5 Å². The average molecular weight is 160 g/mol. The highest BCUT2D eigenvalue weighted by molar-refractivity contribution is 5.79. The first-order valence-corrected chi connectivity index (χ1v) is 3.46. The first kappa shape index (κ1) is 6.93. The third kappa shape index (κ3) is 0.876. The maximum Gasteiger partial charge on any atom is 0.178 e. The molecule has 0 N–H and O–H groups in total. The van der Waals surface area contributed by atoms with Gasteiger partial charge < -0.3 is 4.42 Å². The molecule has 0 unspecified atom stereocenters. The summed E-state index contributed by atoms with van der Waals surface area (Å²) < 4.78 is 18.0. The maximum absolute atomic E-state index is 13.0. The lowest BCUT2D eigenvalue weighted by molar-refractivity contribution is 0.552.